The Morgan fingerprint density at radius 2 is 2.17 bits per heavy atom. The zero-order valence-electron chi connectivity index (χ0n) is 13.5. The quantitative estimate of drug-likeness (QED) is 0.839. The molecule has 0 saturated carbocycles. The Morgan fingerprint density at radius 3 is 2.96 bits per heavy atom. The first-order valence-corrected chi connectivity index (χ1v) is 9.50. The number of thiophene rings is 1. The van der Waals surface area contributed by atoms with Gasteiger partial charge in [-0.05, 0) is 54.9 Å². The van der Waals surface area contributed by atoms with Crippen molar-refractivity contribution in [1.82, 2.24) is 19.9 Å². The SMILES string of the molecule is CC1(c2cn(C3CN4CCC3CC4)nn2)C=c2ccsc2=CC1. The molecule has 2 bridgehead atoms. The van der Waals surface area contributed by atoms with Crippen molar-refractivity contribution in [3.63, 3.8) is 0 Å². The molecule has 2 aromatic rings. The highest BCUT2D eigenvalue weighted by atomic mass is 32.1. The molecule has 120 valence electrons. The molecule has 0 amide bonds. The average molecular weight is 326 g/mol. The van der Waals surface area contributed by atoms with Gasteiger partial charge in [-0.3, -0.25) is 0 Å². The standard InChI is InChI=1S/C18H22N4S/c1-18(6-2-16-14(10-18)5-9-23-16)17-12-22(20-19-17)15-11-21-7-3-13(15)4-8-21/h2,5,9-10,12-13,15H,3-4,6-8,11H2,1H3. The summed E-state index contributed by atoms with van der Waals surface area (Å²) in [6, 6.07) is 2.73. The molecule has 5 heteroatoms. The molecule has 3 aliphatic heterocycles. The lowest BCUT2D eigenvalue weighted by atomic mass is 9.80. The van der Waals surface area contributed by atoms with E-state index in [1.807, 2.05) is 11.3 Å². The van der Waals surface area contributed by atoms with Crippen LogP contribution >= 0.6 is 11.3 Å². The highest BCUT2D eigenvalue weighted by molar-refractivity contribution is 7.07. The van der Waals surface area contributed by atoms with Gasteiger partial charge in [-0.1, -0.05) is 24.3 Å². The predicted molar refractivity (Wildman–Crippen MR) is 92.7 cm³/mol. The summed E-state index contributed by atoms with van der Waals surface area (Å²) < 4.78 is 3.56. The highest BCUT2D eigenvalue weighted by Gasteiger charge is 2.37. The Kier molecular flexibility index (Phi) is 3.04. The van der Waals surface area contributed by atoms with Crippen molar-refractivity contribution in [2.75, 3.05) is 19.6 Å². The Hall–Kier alpha value is -1.46. The molecule has 2 atom stereocenters. The second-order valence-corrected chi connectivity index (χ2v) is 8.45. The topological polar surface area (TPSA) is 34.0 Å². The molecule has 2 aromatic heterocycles. The Balaban J connectivity index is 1.48. The lowest BCUT2D eigenvalue weighted by Gasteiger charge is -2.44. The summed E-state index contributed by atoms with van der Waals surface area (Å²) in [5.74, 6) is 0.785. The normalized spacial score (nSPS) is 35.4. The molecule has 5 heterocycles. The van der Waals surface area contributed by atoms with Gasteiger partial charge >= 0.3 is 0 Å². The summed E-state index contributed by atoms with van der Waals surface area (Å²) in [6.07, 6.45) is 10.6. The van der Waals surface area contributed by atoms with Crippen LogP contribution in [0, 0.1) is 5.92 Å². The molecular formula is C18H22N4S. The number of hydrogen-bond donors (Lipinski definition) is 0. The summed E-state index contributed by atoms with van der Waals surface area (Å²) >= 11 is 1.82. The third kappa shape index (κ3) is 2.21. The molecule has 0 spiro atoms. The zero-order chi connectivity index (χ0) is 15.4. The molecule has 4 aliphatic rings. The van der Waals surface area contributed by atoms with E-state index in [1.54, 1.807) is 0 Å². The molecule has 1 aliphatic carbocycles. The van der Waals surface area contributed by atoms with Crippen molar-refractivity contribution in [2.45, 2.75) is 37.6 Å². The lowest BCUT2D eigenvalue weighted by molar-refractivity contribution is 0.0503. The fourth-order valence-electron chi connectivity index (χ4n) is 4.44. The van der Waals surface area contributed by atoms with Crippen LogP contribution < -0.4 is 9.75 Å². The number of hydrogen-bond acceptors (Lipinski definition) is 4. The van der Waals surface area contributed by atoms with Gasteiger partial charge in [0.2, 0.25) is 0 Å². The molecular weight excluding hydrogens is 304 g/mol. The monoisotopic (exact) mass is 326 g/mol. The molecule has 23 heavy (non-hydrogen) atoms. The van der Waals surface area contributed by atoms with E-state index in [2.05, 4.69) is 56.6 Å². The van der Waals surface area contributed by atoms with E-state index < -0.39 is 0 Å². The Labute approximate surface area is 140 Å². The number of piperidine rings is 3. The zero-order valence-corrected chi connectivity index (χ0v) is 14.3. The van der Waals surface area contributed by atoms with Crippen LogP contribution in [0.1, 0.15) is 37.9 Å². The van der Waals surface area contributed by atoms with Gasteiger partial charge in [-0.2, -0.15) is 0 Å². The summed E-state index contributed by atoms with van der Waals surface area (Å²) in [5, 5.41) is 12.6. The van der Waals surface area contributed by atoms with E-state index in [0.29, 0.717) is 6.04 Å². The van der Waals surface area contributed by atoms with Crippen molar-refractivity contribution in [2.24, 2.45) is 5.92 Å². The number of rotatable bonds is 2. The van der Waals surface area contributed by atoms with Crippen LogP contribution in [0.4, 0.5) is 0 Å². The molecule has 0 N–H and O–H groups in total. The fourth-order valence-corrected chi connectivity index (χ4v) is 5.24. The second kappa shape index (κ2) is 5.02. The number of nitrogens with zero attached hydrogens (tertiary/aromatic N) is 4. The van der Waals surface area contributed by atoms with Gasteiger partial charge in [0.15, 0.2) is 0 Å². The molecule has 3 fully saturated rings. The van der Waals surface area contributed by atoms with Crippen molar-refractivity contribution < 1.29 is 0 Å². The van der Waals surface area contributed by atoms with Gasteiger partial charge in [0.1, 0.15) is 0 Å². The number of aromatic nitrogens is 3. The van der Waals surface area contributed by atoms with Crippen LogP contribution in [0.5, 0.6) is 0 Å². The minimum absolute atomic E-state index is 0.0275. The molecule has 4 nitrogen and oxygen atoms in total. The third-order valence-electron chi connectivity index (χ3n) is 5.97. The van der Waals surface area contributed by atoms with E-state index in [-0.39, 0.29) is 5.41 Å². The maximum Gasteiger partial charge on any atom is 0.0927 e. The van der Waals surface area contributed by atoms with Crippen molar-refractivity contribution in [1.29, 1.82) is 0 Å². The van der Waals surface area contributed by atoms with Crippen LogP contribution in [0.2, 0.25) is 0 Å². The summed E-state index contributed by atoms with van der Waals surface area (Å²) in [6.45, 7) is 5.97. The minimum Gasteiger partial charge on any atom is -0.301 e. The van der Waals surface area contributed by atoms with E-state index >= 15 is 0 Å². The van der Waals surface area contributed by atoms with Crippen LogP contribution in [0.25, 0.3) is 12.2 Å². The van der Waals surface area contributed by atoms with Crippen molar-refractivity contribution in [3.8, 4) is 0 Å². The van der Waals surface area contributed by atoms with Crippen molar-refractivity contribution in [3.05, 3.63) is 33.1 Å². The first-order valence-electron chi connectivity index (χ1n) is 8.63. The van der Waals surface area contributed by atoms with E-state index in [1.165, 1.54) is 35.7 Å². The molecule has 0 aromatic carbocycles. The largest absolute Gasteiger partial charge is 0.301 e. The van der Waals surface area contributed by atoms with Gasteiger partial charge in [-0.15, -0.1) is 16.4 Å². The van der Waals surface area contributed by atoms with Crippen LogP contribution in [0.3, 0.4) is 0 Å². The van der Waals surface area contributed by atoms with Gasteiger partial charge in [0.25, 0.3) is 0 Å². The van der Waals surface area contributed by atoms with Gasteiger partial charge in [0, 0.05) is 22.7 Å². The first-order chi connectivity index (χ1) is 11.2. The third-order valence-corrected chi connectivity index (χ3v) is 6.90. The summed E-state index contributed by atoms with van der Waals surface area (Å²) in [7, 11) is 0. The van der Waals surface area contributed by atoms with Gasteiger partial charge in [0.05, 0.1) is 11.7 Å². The average Bonchev–Trinajstić information content (AvgIpc) is 3.25. The van der Waals surface area contributed by atoms with Crippen molar-refractivity contribution >= 4 is 23.5 Å². The van der Waals surface area contributed by atoms with Crippen LogP contribution in [-0.2, 0) is 5.41 Å². The van der Waals surface area contributed by atoms with E-state index in [0.717, 1.165) is 24.6 Å². The van der Waals surface area contributed by atoms with Crippen LogP contribution in [-0.4, -0.2) is 39.5 Å². The maximum absolute atomic E-state index is 4.57. The molecule has 3 saturated heterocycles. The highest BCUT2D eigenvalue weighted by Crippen LogP contribution is 2.36. The van der Waals surface area contributed by atoms with E-state index in [4.69, 9.17) is 0 Å². The second-order valence-electron chi connectivity index (χ2n) is 7.50. The Bertz CT molecular complexity index is 842. The summed E-state index contributed by atoms with van der Waals surface area (Å²) in [5.41, 5.74) is 1.09. The minimum atomic E-state index is -0.0275. The van der Waals surface area contributed by atoms with Gasteiger partial charge < -0.3 is 4.90 Å². The predicted octanol–water partition coefficient (Wildman–Crippen LogP) is 1.53. The smallest absolute Gasteiger partial charge is 0.0927 e. The van der Waals surface area contributed by atoms with E-state index in [9.17, 15) is 0 Å². The summed E-state index contributed by atoms with van der Waals surface area (Å²) in [4.78, 5) is 2.58. The molecule has 0 radical (unpaired) electrons. The number of fused-ring (bicyclic) bond motifs is 4. The first kappa shape index (κ1) is 13.9. The lowest BCUT2D eigenvalue weighted by Crippen LogP contribution is -2.48. The maximum atomic E-state index is 4.57. The van der Waals surface area contributed by atoms with Gasteiger partial charge in [-0.25, -0.2) is 4.68 Å². The molecule has 2 unspecified atom stereocenters. The fraction of sp³-hybridized carbons (Fsp3) is 0.556. The van der Waals surface area contributed by atoms with Crippen LogP contribution in [0.15, 0.2) is 17.6 Å². The molecule has 6 rings (SSSR count). The Morgan fingerprint density at radius 1 is 1.30 bits per heavy atom.